The van der Waals surface area contributed by atoms with E-state index < -0.39 is 10.0 Å². The molecule has 1 unspecified atom stereocenters. The van der Waals surface area contributed by atoms with Crippen LogP contribution in [-0.4, -0.2) is 35.9 Å². The molecule has 0 spiro atoms. The lowest BCUT2D eigenvalue weighted by Gasteiger charge is -2.29. The minimum atomic E-state index is -3.48. The molecule has 100 valence electrons. The number of aliphatic hydroxyl groups is 1. The smallest absolute Gasteiger partial charge is 0.260 e. The normalized spacial score (nSPS) is 22.0. The van der Waals surface area contributed by atoms with Crippen LogP contribution in [0.1, 0.15) is 25.3 Å². The van der Waals surface area contributed by atoms with Gasteiger partial charge < -0.3 is 5.11 Å². The van der Waals surface area contributed by atoms with E-state index in [1.165, 1.54) is 16.6 Å². The average Bonchev–Trinajstić information content (AvgIpc) is 2.39. The Bertz CT molecular complexity index is 499. The van der Waals surface area contributed by atoms with Crippen LogP contribution in [0.4, 0.5) is 0 Å². The highest BCUT2D eigenvalue weighted by Gasteiger charge is 2.29. The van der Waals surface area contributed by atoms with Gasteiger partial charge >= 0.3 is 0 Å². The first kappa shape index (κ1) is 13.5. The Morgan fingerprint density at radius 2 is 2.28 bits per heavy atom. The lowest BCUT2D eigenvalue weighted by atomic mass is 10.0. The fourth-order valence-electron chi connectivity index (χ4n) is 2.15. The number of hydrogen-bond donors (Lipinski definition) is 1. The highest BCUT2D eigenvalue weighted by atomic mass is 32.2. The molecular formula is C12H18N2O3S. The van der Waals surface area contributed by atoms with Crippen molar-refractivity contribution in [2.75, 3.05) is 13.1 Å². The molecule has 1 fully saturated rings. The van der Waals surface area contributed by atoms with Crippen molar-refractivity contribution in [2.24, 2.45) is 5.92 Å². The van der Waals surface area contributed by atoms with Crippen molar-refractivity contribution in [1.82, 2.24) is 9.29 Å². The van der Waals surface area contributed by atoms with E-state index in [2.05, 4.69) is 11.9 Å². The molecule has 0 bridgehead atoms. The average molecular weight is 270 g/mol. The Balaban J connectivity index is 2.23. The largest absolute Gasteiger partial charge is 0.392 e. The Kier molecular flexibility index (Phi) is 3.99. The van der Waals surface area contributed by atoms with Crippen molar-refractivity contribution in [3.63, 3.8) is 0 Å². The molecule has 0 amide bonds. The van der Waals surface area contributed by atoms with Gasteiger partial charge in [0, 0.05) is 19.3 Å². The summed E-state index contributed by atoms with van der Waals surface area (Å²) in [5.41, 5.74) is 0.612. The van der Waals surface area contributed by atoms with Gasteiger partial charge in [0.2, 0.25) is 0 Å². The Morgan fingerprint density at radius 3 is 2.83 bits per heavy atom. The molecule has 1 aromatic heterocycles. The molecule has 0 saturated carbocycles. The predicted molar refractivity (Wildman–Crippen MR) is 67.3 cm³/mol. The number of piperidine rings is 1. The Labute approximate surface area is 108 Å². The number of hydrogen-bond acceptors (Lipinski definition) is 4. The van der Waals surface area contributed by atoms with Crippen molar-refractivity contribution in [3.8, 4) is 0 Å². The van der Waals surface area contributed by atoms with E-state index >= 15 is 0 Å². The summed E-state index contributed by atoms with van der Waals surface area (Å²) in [5.74, 6) is 0.394. The first-order chi connectivity index (χ1) is 8.54. The van der Waals surface area contributed by atoms with E-state index in [0.717, 1.165) is 12.8 Å². The number of pyridine rings is 1. The van der Waals surface area contributed by atoms with Crippen molar-refractivity contribution >= 4 is 10.0 Å². The molecule has 0 radical (unpaired) electrons. The second-order valence-corrected chi connectivity index (χ2v) is 6.66. The Morgan fingerprint density at radius 1 is 1.50 bits per heavy atom. The molecule has 1 atom stereocenters. The molecule has 6 heteroatoms. The van der Waals surface area contributed by atoms with Crippen LogP contribution < -0.4 is 0 Å². The van der Waals surface area contributed by atoms with E-state index in [1.54, 1.807) is 6.07 Å². The van der Waals surface area contributed by atoms with E-state index in [0.29, 0.717) is 24.6 Å². The summed E-state index contributed by atoms with van der Waals surface area (Å²) in [6.45, 7) is 3.06. The van der Waals surface area contributed by atoms with E-state index in [1.807, 2.05) is 0 Å². The first-order valence-electron chi connectivity index (χ1n) is 6.10. The van der Waals surface area contributed by atoms with Gasteiger partial charge in [0.25, 0.3) is 10.0 Å². The summed E-state index contributed by atoms with van der Waals surface area (Å²) < 4.78 is 26.2. The maximum Gasteiger partial charge on any atom is 0.260 e. The minimum absolute atomic E-state index is 0.0637. The van der Waals surface area contributed by atoms with Gasteiger partial charge in [0.05, 0.1) is 6.61 Å². The number of sulfonamides is 1. The molecule has 1 aliphatic rings. The van der Waals surface area contributed by atoms with Crippen LogP contribution in [0.5, 0.6) is 0 Å². The summed E-state index contributed by atoms with van der Waals surface area (Å²) in [4.78, 5) is 3.93. The maximum atomic E-state index is 12.3. The topological polar surface area (TPSA) is 70.5 Å². The summed E-state index contributed by atoms with van der Waals surface area (Å²) in [6, 6.07) is 3.05. The molecule has 0 aliphatic carbocycles. The standard InChI is InChI=1S/C12H18N2O3S/c1-10-3-2-6-14(8-10)18(16,17)12-5-4-11(9-15)7-13-12/h4-5,7,10,15H,2-3,6,8-9H2,1H3. The van der Waals surface area contributed by atoms with Gasteiger partial charge in [0.15, 0.2) is 5.03 Å². The van der Waals surface area contributed by atoms with Crippen molar-refractivity contribution in [2.45, 2.75) is 31.4 Å². The summed E-state index contributed by atoms with van der Waals surface area (Å²) in [6.07, 6.45) is 3.37. The molecule has 1 aromatic rings. The van der Waals surface area contributed by atoms with Gasteiger partial charge in [-0.2, -0.15) is 4.31 Å². The maximum absolute atomic E-state index is 12.3. The van der Waals surface area contributed by atoms with E-state index in [9.17, 15) is 8.42 Å². The fourth-order valence-corrected chi connectivity index (χ4v) is 3.66. The first-order valence-corrected chi connectivity index (χ1v) is 7.54. The number of rotatable bonds is 3. The summed E-state index contributed by atoms with van der Waals surface area (Å²) >= 11 is 0. The molecule has 0 aromatic carbocycles. The molecule has 1 N–H and O–H groups in total. The van der Waals surface area contributed by atoms with Crippen molar-refractivity contribution in [3.05, 3.63) is 23.9 Å². The zero-order chi connectivity index (χ0) is 13.2. The van der Waals surface area contributed by atoms with Gasteiger partial charge in [0.1, 0.15) is 0 Å². The van der Waals surface area contributed by atoms with Crippen LogP contribution >= 0.6 is 0 Å². The zero-order valence-corrected chi connectivity index (χ0v) is 11.2. The predicted octanol–water partition coefficient (Wildman–Crippen LogP) is 0.995. The van der Waals surface area contributed by atoms with Crippen LogP contribution in [0, 0.1) is 5.92 Å². The second-order valence-electron chi connectivity index (χ2n) is 4.77. The molecule has 2 rings (SSSR count). The molecule has 1 aliphatic heterocycles. The van der Waals surface area contributed by atoms with Gasteiger partial charge in [-0.15, -0.1) is 0 Å². The second kappa shape index (κ2) is 5.34. The van der Waals surface area contributed by atoms with E-state index in [-0.39, 0.29) is 11.6 Å². The summed E-state index contributed by atoms with van der Waals surface area (Å²) in [7, 11) is -3.48. The monoisotopic (exact) mass is 270 g/mol. The number of aromatic nitrogens is 1. The van der Waals surface area contributed by atoms with Crippen LogP contribution in [-0.2, 0) is 16.6 Å². The highest BCUT2D eigenvalue weighted by molar-refractivity contribution is 7.89. The molecule has 18 heavy (non-hydrogen) atoms. The van der Waals surface area contributed by atoms with Gasteiger partial charge in [-0.25, -0.2) is 13.4 Å². The van der Waals surface area contributed by atoms with Crippen molar-refractivity contribution in [1.29, 1.82) is 0 Å². The molecule has 5 nitrogen and oxygen atoms in total. The van der Waals surface area contributed by atoms with Gasteiger partial charge in [-0.1, -0.05) is 13.0 Å². The highest BCUT2D eigenvalue weighted by Crippen LogP contribution is 2.22. The quantitative estimate of drug-likeness (QED) is 0.889. The van der Waals surface area contributed by atoms with Crippen molar-refractivity contribution < 1.29 is 13.5 Å². The minimum Gasteiger partial charge on any atom is -0.392 e. The lowest BCUT2D eigenvalue weighted by molar-refractivity contribution is 0.279. The van der Waals surface area contributed by atoms with Crippen LogP contribution in [0.3, 0.4) is 0 Å². The van der Waals surface area contributed by atoms with Crippen LogP contribution in [0.25, 0.3) is 0 Å². The van der Waals surface area contributed by atoms with Crippen LogP contribution in [0.15, 0.2) is 23.4 Å². The number of nitrogens with zero attached hydrogens (tertiary/aromatic N) is 2. The SMILES string of the molecule is CC1CCCN(S(=O)(=O)c2ccc(CO)cn2)C1. The molecule has 2 heterocycles. The fraction of sp³-hybridized carbons (Fsp3) is 0.583. The summed E-state index contributed by atoms with van der Waals surface area (Å²) in [5, 5.41) is 8.98. The van der Waals surface area contributed by atoms with Crippen LogP contribution in [0.2, 0.25) is 0 Å². The van der Waals surface area contributed by atoms with Gasteiger partial charge in [-0.05, 0) is 30.4 Å². The lowest BCUT2D eigenvalue weighted by Crippen LogP contribution is -2.39. The Hall–Kier alpha value is -0.980. The van der Waals surface area contributed by atoms with Gasteiger partial charge in [-0.3, -0.25) is 0 Å². The molecule has 1 saturated heterocycles. The third-order valence-corrected chi connectivity index (χ3v) is 4.99. The van der Waals surface area contributed by atoms with E-state index in [4.69, 9.17) is 5.11 Å². The molecular weight excluding hydrogens is 252 g/mol. The zero-order valence-electron chi connectivity index (χ0n) is 10.4. The number of aliphatic hydroxyl groups excluding tert-OH is 1. The third kappa shape index (κ3) is 2.71. The third-order valence-electron chi connectivity index (χ3n) is 3.20.